The minimum Gasteiger partial charge on any atom is -0.469 e. The van der Waals surface area contributed by atoms with Crippen molar-refractivity contribution in [2.45, 2.75) is 227 Å². The van der Waals surface area contributed by atoms with E-state index >= 15 is 0 Å². The zero-order chi connectivity index (χ0) is 42.0. The van der Waals surface area contributed by atoms with Gasteiger partial charge >= 0.3 is 0 Å². The van der Waals surface area contributed by atoms with Crippen molar-refractivity contribution in [1.29, 1.82) is 0 Å². The standard InChI is InChI=1S/C9H14O.2C9H20O.C9H18.C8H16.C5H12O/c1-9(2,3)7-8-5-4-6-10-8;1-9(2,3)7-5-4-6-8-10;1-5-10-8-6-7-9(2,3)4;1-9(2,3)8-6-4-5-7-8;1-8(2,3)7-5-4-6-7;1-5(2,3)6-4/h4-6H,7H2,1-3H3;10H,4-8H2,1-3H3;5-8H2,1-4H3;8H,4-7H2,1-3H3;7H,4-6H2,1-3H3;1-4H3. The number of hydrogen-bond donors (Lipinski definition) is 1. The number of aliphatic hydroxyl groups excluding tert-OH is 1. The second-order valence-electron chi connectivity index (χ2n) is 22.4. The van der Waals surface area contributed by atoms with Gasteiger partial charge in [-0.1, -0.05) is 136 Å². The molecule has 3 rings (SSSR count). The van der Waals surface area contributed by atoms with E-state index in [1.807, 2.05) is 39.8 Å². The van der Waals surface area contributed by atoms with Gasteiger partial charge in [-0.25, -0.2) is 0 Å². The minimum absolute atomic E-state index is 0.0417. The summed E-state index contributed by atoms with van der Waals surface area (Å²) < 4.78 is 15.4. The summed E-state index contributed by atoms with van der Waals surface area (Å²) >= 11 is 0. The van der Waals surface area contributed by atoms with Crippen LogP contribution in [-0.2, 0) is 15.9 Å². The van der Waals surface area contributed by atoms with E-state index in [2.05, 4.69) is 104 Å². The van der Waals surface area contributed by atoms with E-state index in [0.717, 1.165) is 43.7 Å². The minimum atomic E-state index is 0.0417. The molecule has 1 aromatic heterocycles. The van der Waals surface area contributed by atoms with E-state index in [9.17, 15) is 0 Å². The highest BCUT2D eigenvalue weighted by Crippen LogP contribution is 2.41. The van der Waals surface area contributed by atoms with Crippen LogP contribution in [0, 0.1) is 38.9 Å². The number of rotatable bonds is 9. The Balaban J connectivity index is -0.000000570. The van der Waals surface area contributed by atoms with Crippen molar-refractivity contribution < 1.29 is 19.0 Å². The Labute approximate surface area is 335 Å². The molecule has 0 atom stereocenters. The van der Waals surface area contributed by atoms with Crippen molar-refractivity contribution in [2.75, 3.05) is 26.9 Å². The molecule has 2 saturated carbocycles. The van der Waals surface area contributed by atoms with Crippen LogP contribution in [0.2, 0.25) is 0 Å². The highest BCUT2D eigenvalue weighted by atomic mass is 16.5. The van der Waals surface area contributed by atoms with E-state index in [1.54, 1.807) is 13.4 Å². The number of methoxy groups -OCH3 is 1. The molecule has 0 radical (unpaired) electrons. The summed E-state index contributed by atoms with van der Waals surface area (Å²) in [5.74, 6) is 3.12. The van der Waals surface area contributed by atoms with Gasteiger partial charge in [-0.15, -0.1) is 0 Å². The molecule has 4 heteroatoms. The van der Waals surface area contributed by atoms with Gasteiger partial charge in [0.15, 0.2) is 0 Å². The van der Waals surface area contributed by atoms with Crippen LogP contribution in [0.5, 0.6) is 0 Å². The van der Waals surface area contributed by atoms with Crippen molar-refractivity contribution >= 4 is 0 Å². The SMILES string of the molecule is CC(C)(C)C1CCC1.CC(C)(C)C1CCCC1.CC(C)(C)CCCCCO.CC(C)(C)Cc1ccco1.CCOCCCC(C)(C)C.COC(C)(C)C. The summed E-state index contributed by atoms with van der Waals surface area (Å²) in [4.78, 5) is 0. The molecule has 0 aliphatic heterocycles. The zero-order valence-electron chi connectivity index (χ0n) is 40.1. The van der Waals surface area contributed by atoms with Crippen LogP contribution in [-0.4, -0.2) is 37.6 Å². The van der Waals surface area contributed by atoms with Gasteiger partial charge < -0.3 is 19.0 Å². The van der Waals surface area contributed by atoms with E-state index < -0.39 is 0 Å². The predicted octanol–water partition coefficient (Wildman–Crippen LogP) is 15.8. The summed E-state index contributed by atoms with van der Waals surface area (Å²) in [5, 5.41) is 8.50. The lowest BCUT2D eigenvalue weighted by atomic mass is 9.69. The van der Waals surface area contributed by atoms with Crippen LogP contribution in [0.3, 0.4) is 0 Å². The Morgan fingerprint density at radius 1 is 0.623 bits per heavy atom. The van der Waals surface area contributed by atoms with Gasteiger partial charge in [-0.2, -0.15) is 0 Å². The number of furan rings is 1. The Kier molecular flexibility index (Phi) is 30.4. The molecule has 0 bridgehead atoms. The lowest BCUT2D eigenvalue weighted by molar-refractivity contribution is 0.0397. The number of ether oxygens (including phenoxy) is 2. The summed E-state index contributed by atoms with van der Waals surface area (Å²) in [5.41, 5.74) is 2.49. The average molecular weight is 753 g/mol. The van der Waals surface area contributed by atoms with Crippen LogP contribution < -0.4 is 0 Å². The second-order valence-corrected chi connectivity index (χ2v) is 22.4. The van der Waals surface area contributed by atoms with Gasteiger partial charge in [-0.3, -0.25) is 0 Å². The highest BCUT2D eigenvalue weighted by Gasteiger charge is 2.29. The molecule has 0 spiro atoms. The quantitative estimate of drug-likeness (QED) is 0.255. The molecule has 53 heavy (non-hydrogen) atoms. The lowest BCUT2D eigenvalue weighted by Gasteiger charge is -2.37. The molecule has 2 aliphatic rings. The van der Waals surface area contributed by atoms with Gasteiger partial charge in [0, 0.05) is 33.4 Å². The first-order valence-corrected chi connectivity index (χ1v) is 21.7. The van der Waals surface area contributed by atoms with Crippen LogP contribution >= 0.6 is 0 Å². The molecule has 1 N–H and O–H groups in total. The third-order valence-corrected chi connectivity index (χ3v) is 9.81. The topological polar surface area (TPSA) is 51.8 Å². The third kappa shape index (κ3) is 43.8. The van der Waals surface area contributed by atoms with Crippen molar-refractivity contribution in [3.05, 3.63) is 24.2 Å². The van der Waals surface area contributed by atoms with Crippen LogP contribution in [0.25, 0.3) is 0 Å². The fourth-order valence-electron chi connectivity index (χ4n) is 5.79. The van der Waals surface area contributed by atoms with E-state index in [-0.39, 0.29) is 5.60 Å². The number of hydrogen-bond acceptors (Lipinski definition) is 4. The van der Waals surface area contributed by atoms with Gasteiger partial charge in [0.1, 0.15) is 5.76 Å². The Bertz CT molecular complexity index is 873. The van der Waals surface area contributed by atoms with Gasteiger partial charge in [0.2, 0.25) is 0 Å². The molecule has 4 nitrogen and oxygen atoms in total. The molecule has 0 saturated heterocycles. The molecule has 0 unspecified atom stereocenters. The highest BCUT2D eigenvalue weighted by molar-refractivity contribution is 5.00. The summed E-state index contributed by atoms with van der Waals surface area (Å²) in [6, 6.07) is 3.95. The Morgan fingerprint density at radius 3 is 1.32 bits per heavy atom. The van der Waals surface area contributed by atoms with E-state index in [4.69, 9.17) is 19.0 Å². The Morgan fingerprint density at radius 2 is 1.06 bits per heavy atom. The fourth-order valence-corrected chi connectivity index (χ4v) is 5.79. The lowest BCUT2D eigenvalue weighted by Crippen LogP contribution is -2.26. The molecule has 2 aliphatic carbocycles. The average Bonchev–Trinajstić information content (AvgIpc) is 3.66. The van der Waals surface area contributed by atoms with Crippen LogP contribution in [0.4, 0.5) is 0 Å². The zero-order valence-corrected chi connectivity index (χ0v) is 40.1. The smallest absolute Gasteiger partial charge is 0.104 e. The van der Waals surface area contributed by atoms with E-state index in [0.29, 0.717) is 33.7 Å². The largest absolute Gasteiger partial charge is 0.469 e. The normalized spacial score (nSPS) is 15.5. The maximum atomic E-state index is 8.50. The second kappa shape index (κ2) is 28.5. The first-order valence-electron chi connectivity index (χ1n) is 21.7. The molecule has 1 aromatic rings. The summed E-state index contributed by atoms with van der Waals surface area (Å²) in [7, 11) is 1.71. The maximum Gasteiger partial charge on any atom is 0.104 e. The molecular formula is C49H100O4. The van der Waals surface area contributed by atoms with Crippen molar-refractivity contribution in [1.82, 2.24) is 0 Å². The van der Waals surface area contributed by atoms with Gasteiger partial charge in [0.05, 0.1) is 11.9 Å². The molecular weight excluding hydrogens is 653 g/mol. The van der Waals surface area contributed by atoms with Crippen molar-refractivity contribution in [2.24, 2.45) is 38.9 Å². The summed E-state index contributed by atoms with van der Waals surface area (Å²) in [6.45, 7) is 44.5. The number of aliphatic hydroxyl groups is 1. The van der Waals surface area contributed by atoms with Gasteiger partial charge in [-0.05, 0) is 130 Å². The first-order chi connectivity index (χ1) is 24.0. The summed E-state index contributed by atoms with van der Waals surface area (Å²) in [6.07, 6.45) is 20.2. The van der Waals surface area contributed by atoms with Gasteiger partial charge in [0.25, 0.3) is 0 Å². The monoisotopic (exact) mass is 753 g/mol. The van der Waals surface area contributed by atoms with Crippen molar-refractivity contribution in [3.63, 3.8) is 0 Å². The fraction of sp³-hybridized carbons (Fsp3) is 0.918. The molecule has 320 valence electrons. The van der Waals surface area contributed by atoms with Crippen molar-refractivity contribution in [3.8, 4) is 0 Å². The molecule has 0 aromatic carbocycles. The predicted molar refractivity (Wildman–Crippen MR) is 237 cm³/mol. The third-order valence-electron chi connectivity index (χ3n) is 9.81. The van der Waals surface area contributed by atoms with Crippen LogP contribution in [0.1, 0.15) is 221 Å². The maximum absolute atomic E-state index is 8.50. The molecule has 0 amide bonds. The van der Waals surface area contributed by atoms with Crippen LogP contribution in [0.15, 0.2) is 22.8 Å². The first kappa shape index (κ1) is 56.5. The molecule has 1 heterocycles. The Hall–Kier alpha value is -0.840. The molecule has 2 fully saturated rings. The van der Waals surface area contributed by atoms with E-state index in [1.165, 1.54) is 77.0 Å². The number of unbranched alkanes of at least 4 members (excludes halogenated alkanes) is 2.